The van der Waals surface area contributed by atoms with Gasteiger partial charge in [0.25, 0.3) is 0 Å². The van der Waals surface area contributed by atoms with Crippen LogP contribution in [0.5, 0.6) is 5.75 Å². The van der Waals surface area contributed by atoms with Crippen LogP contribution in [0.1, 0.15) is 12.5 Å². The Bertz CT molecular complexity index is 281. The Balaban J connectivity index is 3.06. The second-order valence-corrected chi connectivity index (χ2v) is 2.26. The number of rotatable bonds is 1. The summed E-state index contributed by atoms with van der Waals surface area (Å²) >= 11 is 0. The van der Waals surface area contributed by atoms with Crippen molar-refractivity contribution in [1.29, 1.82) is 0 Å². The number of phenols is 1. The lowest BCUT2D eigenvalue weighted by Gasteiger charge is -1.98. The molecular formula is C8H10N2O. The number of aromatic hydroxyl groups is 1. The third kappa shape index (κ3) is 1.70. The summed E-state index contributed by atoms with van der Waals surface area (Å²) in [7, 11) is 0. The molecule has 11 heavy (non-hydrogen) atoms. The van der Waals surface area contributed by atoms with Crippen LogP contribution in [0, 0.1) is 0 Å². The molecule has 0 spiro atoms. The van der Waals surface area contributed by atoms with E-state index >= 15 is 0 Å². The quantitative estimate of drug-likeness (QED) is 0.357. The molecule has 0 fully saturated rings. The van der Waals surface area contributed by atoms with E-state index in [2.05, 4.69) is 5.10 Å². The highest BCUT2D eigenvalue weighted by Gasteiger charge is 1.96. The monoisotopic (exact) mass is 150 g/mol. The van der Waals surface area contributed by atoms with Crippen molar-refractivity contribution in [3.63, 3.8) is 0 Å². The number of benzene rings is 1. The molecule has 0 aliphatic carbocycles. The molecule has 0 radical (unpaired) electrons. The Hall–Kier alpha value is -1.51. The molecule has 0 heterocycles. The van der Waals surface area contributed by atoms with Crippen LogP contribution in [0.15, 0.2) is 29.4 Å². The van der Waals surface area contributed by atoms with Gasteiger partial charge in [-0.05, 0) is 19.1 Å². The molecule has 1 rings (SSSR count). The second-order valence-electron chi connectivity index (χ2n) is 2.26. The van der Waals surface area contributed by atoms with Gasteiger partial charge >= 0.3 is 0 Å². The zero-order chi connectivity index (χ0) is 8.27. The van der Waals surface area contributed by atoms with Crippen LogP contribution in [0.4, 0.5) is 0 Å². The first-order valence-electron chi connectivity index (χ1n) is 3.28. The van der Waals surface area contributed by atoms with Crippen molar-refractivity contribution in [3.8, 4) is 5.75 Å². The molecule has 0 amide bonds. The largest absolute Gasteiger partial charge is 0.508 e. The van der Waals surface area contributed by atoms with Gasteiger partial charge in [-0.1, -0.05) is 12.1 Å². The van der Waals surface area contributed by atoms with Gasteiger partial charge in [-0.15, -0.1) is 0 Å². The average Bonchev–Trinajstić information content (AvgIpc) is 2.03. The lowest BCUT2D eigenvalue weighted by Crippen LogP contribution is -1.97. The molecule has 3 N–H and O–H groups in total. The first-order chi connectivity index (χ1) is 5.24. The summed E-state index contributed by atoms with van der Waals surface area (Å²) in [5, 5.41) is 12.6. The van der Waals surface area contributed by atoms with Gasteiger partial charge in [0.2, 0.25) is 0 Å². The molecule has 0 atom stereocenters. The minimum absolute atomic E-state index is 0.227. The van der Waals surface area contributed by atoms with Gasteiger partial charge in [-0.2, -0.15) is 5.10 Å². The van der Waals surface area contributed by atoms with E-state index in [4.69, 9.17) is 10.9 Å². The zero-order valence-electron chi connectivity index (χ0n) is 6.28. The van der Waals surface area contributed by atoms with Gasteiger partial charge in [0.15, 0.2) is 0 Å². The van der Waals surface area contributed by atoms with Gasteiger partial charge in [-0.25, -0.2) is 0 Å². The molecule has 0 saturated heterocycles. The minimum atomic E-state index is 0.227. The molecule has 0 bridgehead atoms. The van der Waals surface area contributed by atoms with Crippen molar-refractivity contribution in [3.05, 3.63) is 29.8 Å². The van der Waals surface area contributed by atoms with Crippen molar-refractivity contribution < 1.29 is 5.11 Å². The standard InChI is InChI=1S/C8H10N2O/c1-6(10-9)7-3-2-4-8(11)5-7/h2-5,11H,9H2,1H3/b10-6+. The smallest absolute Gasteiger partial charge is 0.116 e. The fourth-order valence-electron chi connectivity index (χ4n) is 0.805. The number of hydrazone groups is 1. The molecule has 0 aromatic heterocycles. The normalized spacial score (nSPS) is 11.5. The predicted octanol–water partition coefficient (Wildman–Crippen LogP) is 1.07. The lowest BCUT2D eigenvalue weighted by atomic mass is 10.1. The van der Waals surface area contributed by atoms with Crippen LogP contribution in [-0.4, -0.2) is 10.8 Å². The third-order valence-corrected chi connectivity index (χ3v) is 1.46. The van der Waals surface area contributed by atoms with Crippen molar-refractivity contribution in [2.45, 2.75) is 6.92 Å². The average molecular weight is 150 g/mol. The summed E-state index contributed by atoms with van der Waals surface area (Å²) < 4.78 is 0. The molecule has 58 valence electrons. The van der Waals surface area contributed by atoms with E-state index in [1.165, 1.54) is 0 Å². The SMILES string of the molecule is C/C(=N\N)c1cccc(O)c1. The summed E-state index contributed by atoms with van der Waals surface area (Å²) in [6.07, 6.45) is 0. The molecule has 0 aliphatic heterocycles. The van der Waals surface area contributed by atoms with Gasteiger partial charge in [-0.3, -0.25) is 0 Å². The molecular weight excluding hydrogens is 140 g/mol. The summed E-state index contributed by atoms with van der Waals surface area (Å²) in [5.41, 5.74) is 1.55. The topological polar surface area (TPSA) is 58.6 Å². The van der Waals surface area contributed by atoms with Crippen LogP contribution in [0.3, 0.4) is 0 Å². The molecule has 3 nitrogen and oxygen atoms in total. The molecule has 1 aromatic carbocycles. The number of nitrogens with two attached hydrogens (primary N) is 1. The molecule has 3 heteroatoms. The van der Waals surface area contributed by atoms with Gasteiger partial charge in [0.1, 0.15) is 5.75 Å². The molecule has 0 saturated carbocycles. The van der Waals surface area contributed by atoms with E-state index in [-0.39, 0.29) is 5.75 Å². The molecule has 0 unspecified atom stereocenters. The zero-order valence-corrected chi connectivity index (χ0v) is 6.28. The summed E-state index contributed by atoms with van der Waals surface area (Å²) in [4.78, 5) is 0. The van der Waals surface area contributed by atoms with E-state index in [9.17, 15) is 0 Å². The van der Waals surface area contributed by atoms with E-state index in [0.717, 1.165) is 5.56 Å². The highest BCUT2D eigenvalue weighted by Crippen LogP contribution is 2.10. The summed E-state index contributed by atoms with van der Waals surface area (Å²) in [5.74, 6) is 5.29. The fourth-order valence-corrected chi connectivity index (χ4v) is 0.805. The maximum absolute atomic E-state index is 9.06. The highest BCUT2D eigenvalue weighted by atomic mass is 16.3. The Kier molecular flexibility index (Phi) is 2.11. The second kappa shape index (κ2) is 3.05. The van der Waals surface area contributed by atoms with Crippen molar-refractivity contribution >= 4 is 5.71 Å². The fraction of sp³-hybridized carbons (Fsp3) is 0.125. The number of hydrogen-bond acceptors (Lipinski definition) is 3. The Morgan fingerprint density at radius 2 is 2.27 bits per heavy atom. The maximum Gasteiger partial charge on any atom is 0.116 e. The van der Waals surface area contributed by atoms with Gasteiger partial charge in [0, 0.05) is 5.56 Å². The number of nitrogens with zero attached hydrogens (tertiary/aromatic N) is 1. The lowest BCUT2D eigenvalue weighted by molar-refractivity contribution is 0.475. The van der Waals surface area contributed by atoms with E-state index in [1.807, 2.05) is 6.07 Å². The van der Waals surface area contributed by atoms with Crippen LogP contribution < -0.4 is 5.84 Å². The van der Waals surface area contributed by atoms with E-state index in [0.29, 0.717) is 5.71 Å². The van der Waals surface area contributed by atoms with Crippen molar-refractivity contribution in [1.82, 2.24) is 0 Å². The van der Waals surface area contributed by atoms with Crippen LogP contribution >= 0.6 is 0 Å². The van der Waals surface area contributed by atoms with E-state index < -0.39 is 0 Å². The first-order valence-corrected chi connectivity index (χ1v) is 3.28. The number of hydrogen-bond donors (Lipinski definition) is 2. The van der Waals surface area contributed by atoms with Gasteiger partial charge in [0.05, 0.1) is 5.71 Å². The van der Waals surface area contributed by atoms with Crippen LogP contribution in [0.25, 0.3) is 0 Å². The van der Waals surface area contributed by atoms with E-state index in [1.54, 1.807) is 25.1 Å². The number of phenolic OH excluding ortho intramolecular Hbond substituents is 1. The third-order valence-electron chi connectivity index (χ3n) is 1.46. The Labute approximate surface area is 65.2 Å². The van der Waals surface area contributed by atoms with Gasteiger partial charge < -0.3 is 10.9 Å². The molecule has 1 aromatic rings. The van der Waals surface area contributed by atoms with Crippen molar-refractivity contribution in [2.75, 3.05) is 0 Å². The summed E-state index contributed by atoms with van der Waals surface area (Å²) in [6.45, 7) is 1.79. The maximum atomic E-state index is 9.06. The molecule has 0 aliphatic rings. The van der Waals surface area contributed by atoms with Crippen LogP contribution in [0.2, 0.25) is 0 Å². The van der Waals surface area contributed by atoms with Crippen LogP contribution in [-0.2, 0) is 0 Å². The Morgan fingerprint density at radius 1 is 1.55 bits per heavy atom. The Morgan fingerprint density at radius 3 is 2.82 bits per heavy atom. The first kappa shape index (κ1) is 7.60. The van der Waals surface area contributed by atoms with Crippen molar-refractivity contribution in [2.24, 2.45) is 10.9 Å². The summed E-state index contributed by atoms with van der Waals surface area (Å²) in [6, 6.07) is 6.81. The minimum Gasteiger partial charge on any atom is -0.508 e. The predicted molar refractivity (Wildman–Crippen MR) is 44.5 cm³/mol. The highest BCUT2D eigenvalue weighted by molar-refractivity contribution is 5.98.